The van der Waals surface area contributed by atoms with Crippen molar-refractivity contribution in [3.8, 4) is 5.75 Å². The summed E-state index contributed by atoms with van der Waals surface area (Å²) in [6.45, 7) is 3.52. The van der Waals surface area contributed by atoms with Crippen molar-refractivity contribution < 1.29 is 28.8 Å². The number of hydrazone groups is 1. The number of hydrogen-bond acceptors (Lipinski definition) is 8. The predicted octanol–water partition coefficient (Wildman–Crippen LogP) is 2.11. The van der Waals surface area contributed by atoms with Gasteiger partial charge in [-0.15, -0.1) is 0 Å². The molecule has 10 nitrogen and oxygen atoms in total. The first-order chi connectivity index (χ1) is 13.3. The molecule has 0 fully saturated rings. The molecule has 0 bridgehead atoms. The van der Waals surface area contributed by atoms with E-state index in [0.29, 0.717) is 6.42 Å². The average Bonchev–Trinajstić information content (AvgIpc) is 3.13. The van der Waals surface area contributed by atoms with Gasteiger partial charge in [-0.2, -0.15) is 5.10 Å². The van der Waals surface area contributed by atoms with Crippen molar-refractivity contribution in [2.24, 2.45) is 5.10 Å². The van der Waals surface area contributed by atoms with Crippen LogP contribution in [0.4, 0.5) is 5.69 Å². The van der Waals surface area contributed by atoms with Gasteiger partial charge in [-0.25, -0.2) is 9.80 Å². The summed E-state index contributed by atoms with van der Waals surface area (Å²) in [5.41, 5.74) is -0.770. The number of nitrogens with zero attached hydrogens (tertiary/aromatic N) is 3. The number of carbonyl (C=O) groups is 3. The van der Waals surface area contributed by atoms with Gasteiger partial charge >= 0.3 is 5.97 Å². The summed E-state index contributed by atoms with van der Waals surface area (Å²) in [5, 5.41) is 16.2. The van der Waals surface area contributed by atoms with E-state index in [4.69, 9.17) is 9.47 Å². The number of nitro benzene ring substituents is 1. The van der Waals surface area contributed by atoms with Gasteiger partial charge in [0.15, 0.2) is 6.04 Å². The Kier molecular flexibility index (Phi) is 6.80. The van der Waals surface area contributed by atoms with Crippen molar-refractivity contribution in [1.82, 2.24) is 5.01 Å². The van der Waals surface area contributed by atoms with Gasteiger partial charge < -0.3 is 9.47 Å². The van der Waals surface area contributed by atoms with Crippen LogP contribution in [-0.2, 0) is 14.3 Å². The Labute approximate surface area is 161 Å². The number of benzene rings is 1. The molecule has 0 aromatic heterocycles. The molecule has 0 saturated heterocycles. The van der Waals surface area contributed by atoms with Gasteiger partial charge in [0, 0.05) is 18.9 Å². The first-order valence-electron chi connectivity index (χ1n) is 8.77. The second-order valence-corrected chi connectivity index (χ2v) is 5.98. The van der Waals surface area contributed by atoms with Crippen LogP contribution in [-0.4, -0.2) is 53.1 Å². The lowest BCUT2D eigenvalue weighted by molar-refractivity contribution is -0.385. The minimum Gasteiger partial charge on any atom is -0.497 e. The molecule has 1 aliphatic rings. The van der Waals surface area contributed by atoms with E-state index >= 15 is 0 Å². The fraction of sp³-hybridized carbons (Fsp3) is 0.444. The van der Waals surface area contributed by atoms with Crippen LogP contribution >= 0.6 is 0 Å². The SMILES string of the molecule is CCCC(=O)N1N=C(C(=O)c2cc(OC)ccc2[N+](=O)[O-])CC1C(=O)OCC. The number of ketones is 1. The summed E-state index contributed by atoms with van der Waals surface area (Å²) in [6.07, 6.45) is 0.493. The number of ether oxygens (including phenoxy) is 2. The van der Waals surface area contributed by atoms with Gasteiger partial charge in [0.2, 0.25) is 11.7 Å². The van der Waals surface area contributed by atoms with Crippen molar-refractivity contribution >= 4 is 29.1 Å². The number of carbonyl (C=O) groups excluding carboxylic acids is 3. The molecular formula is C18H21N3O7. The lowest BCUT2D eigenvalue weighted by Gasteiger charge is -2.19. The fourth-order valence-corrected chi connectivity index (χ4v) is 2.77. The Morgan fingerprint density at radius 2 is 2.04 bits per heavy atom. The lowest BCUT2D eigenvalue weighted by Crippen LogP contribution is -2.39. The number of esters is 1. The van der Waals surface area contributed by atoms with Crippen molar-refractivity contribution in [2.75, 3.05) is 13.7 Å². The Morgan fingerprint density at radius 3 is 2.61 bits per heavy atom. The van der Waals surface area contributed by atoms with Gasteiger partial charge in [0.25, 0.3) is 5.69 Å². The maximum absolute atomic E-state index is 12.9. The van der Waals surface area contributed by atoms with Crippen LogP contribution in [0.2, 0.25) is 0 Å². The van der Waals surface area contributed by atoms with E-state index in [0.717, 1.165) is 11.1 Å². The molecule has 1 aromatic rings. The summed E-state index contributed by atoms with van der Waals surface area (Å²) >= 11 is 0. The van der Waals surface area contributed by atoms with Crippen LogP contribution in [0.25, 0.3) is 0 Å². The topological polar surface area (TPSA) is 128 Å². The second-order valence-electron chi connectivity index (χ2n) is 5.98. The largest absolute Gasteiger partial charge is 0.497 e. The monoisotopic (exact) mass is 391 g/mol. The fourth-order valence-electron chi connectivity index (χ4n) is 2.77. The maximum Gasteiger partial charge on any atom is 0.331 e. The molecule has 1 atom stereocenters. The van der Waals surface area contributed by atoms with E-state index in [1.807, 2.05) is 0 Å². The zero-order valence-electron chi connectivity index (χ0n) is 15.8. The standard InChI is InChI=1S/C18H21N3O7/c1-4-6-16(22)20-15(18(24)28-5-2)10-13(19-20)17(23)12-9-11(27-3)7-8-14(12)21(25)26/h7-9,15H,4-6,10H2,1-3H3. The highest BCUT2D eigenvalue weighted by atomic mass is 16.6. The zero-order valence-corrected chi connectivity index (χ0v) is 15.8. The van der Waals surface area contributed by atoms with Crippen LogP contribution < -0.4 is 4.74 Å². The molecule has 0 aliphatic carbocycles. The maximum atomic E-state index is 12.9. The zero-order chi connectivity index (χ0) is 20.8. The highest BCUT2D eigenvalue weighted by Gasteiger charge is 2.40. The van der Waals surface area contributed by atoms with Gasteiger partial charge in [0.05, 0.1) is 18.6 Å². The molecule has 28 heavy (non-hydrogen) atoms. The van der Waals surface area contributed by atoms with Crippen LogP contribution in [0.15, 0.2) is 23.3 Å². The smallest absolute Gasteiger partial charge is 0.331 e. The summed E-state index contributed by atoms with van der Waals surface area (Å²) in [7, 11) is 1.37. The minimum absolute atomic E-state index is 0.107. The third kappa shape index (κ3) is 4.33. The van der Waals surface area contributed by atoms with Gasteiger partial charge in [-0.3, -0.25) is 19.7 Å². The Hall–Kier alpha value is -3.30. The Balaban J connectivity index is 2.42. The van der Waals surface area contributed by atoms with E-state index in [-0.39, 0.29) is 36.5 Å². The van der Waals surface area contributed by atoms with Crippen molar-refractivity contribution in [3.05, 3.63) is 33.9 Å². The van der Waals surface area contributed by atoms with E-state index in [1.165, 1.54) is 19.2 Å². The van der Waals surface area contributed by atoms with Gasteiger partial charge in [-0.1, -0.05) is 6.92 Å². The summed E-state index contributed by atoms with van der Waals surface area (Å²) in [5.74, 6) is -1.60. The van der Waals surface area contributed by atoms with E-state index < -0.39 is 34.3 Å². The molecule has 0 saturated carbocycles. The molecule has 0 radical (unpaired) electrons. The summed E-state index contributed by atoms with van der Waals surface area (Å²) in [6, 6.07) is 2.69. The van der Waals surface area contributed by atoms with Crippen molar-refractivity contribution in [1.29, 1.82) is 0 Å². The number of rotatable bonds is 8. The lowest BCUT2D eigenvalue weighted by atomic mass is 10.0. The number of nitro groups is 1. The quantitative estimate of drug-likeness (QED) is 0.287. The summed E-state index contributed by atoms with van der Waals surface area (Å²) < 4.78 is 10.0. The second kappa shape index (κ2) is 9.07. The van der Waals surface area contributed by atoms with Crippen LogP contribution in [0.5, 0.6) is 5.75 Å². The first-order valence-corrected chi connectivity index (χ1v) is 8.77. The molecule has 2 rings (SSSR count). The molecule has 0 N–H and O–H groups in total. The molecule has 150 valence electrons. The molecule has 0 spiro atoms. The highest BCUT2D eigenvalue weighted by molar-refractivity contribution is 6.47. The van der Waals surface area contributed by atoms with E-state index in [9.17, 15) is 24.5 Å². The van der Waals surface area contributed by atoms with Gasteiger partial charge in [-0.05, 0) is 25.5 Å². The minimum atomic E-state index is -1.07. The molecule has 1 aliphatic heterocycles. The predicted molar refractivity (Wildman–Crippen MR) is 98.2 cm³/mol. The molecule has 1 aromatic carbocycles. The molecular weight excluding hydrogens is 370 g/mol. The Morgan fingerprint density at radius 1 is 1.32 bits per heavy atom. The Bertz CT molecular complexity index is 834. The number of amides is 1. The number of hydrogen-bond donors (Lipinski definition) is 0. The van der Waals surface area contributed by atoms with Crippen molar-refractivity contribution in [2.45, 2.75) is 39.2 Å². The third-order valence-corrected chi connectivity index (χ3v) is 4.10. The number of Topliss-reactive ketones (excluding diaryl/α,β-unsaturated/α-hetero) is 1. The van der Waals surface area contributed by atoms with E-state index in [2.05, 4.69) is 5.10 Å². The van der Waals surface area contributed by atoms with Gasteiger partial charge in [0.1, 0.15) is 17.0 Å². The number of methoxy groups -OCH3 is 1. The van der Waals surface area contributed by atoms with Crippen LogP contribution in [0, 0.1) is 10.1 Å². The normalized spacial score (nSPS) is 15.8. The van der Waals surface area contributed by atoms with Crippen LogP contribution in [0.3, 0.4) is 0 Å². The first kappa shape index (κ1) is 21.0. The van der Waals surface area contributed by atoms with E-state index in [1.54, 1.807) is 13.8 Å². The molecule has 1 heterocycles. The van der Waals surface area contributed by atoms with Crippen LogP contribution in [0.1, 0.15) is 43.5 Å². The third-order valence-electron chi connectivity index (χ3n) is 4.10. The molecule has 10 heteroatoms. The van der Waals surface area contributed by atoms with Crippen molar-refractivity contribution in [3.63, 3.8) is 0 Å². The highest BCUT2D eigenvalue weighted by Crippen LogP contribution is 2.28. The molecule has 1 amide bonds. The molecule has 1 unspecified atom stereocenters. The average molecular weight is 391 g/mol. The summed E-state index contributed by atoms with van der Waals surface area (Å²) in [4.78, 5) is 48.0.